The van der Waals surface area contributed by atoms with Gasteiger partial charge in [-0.15, -0.1) is 0 Å². The number of rotatable bonds is 7. The summed E-state index contributed by atoms with van der Waals surface area (Å²) in [6.07, 6.45) is -1.11. The van der Waals surface area contributed by atoms with Crippen molar-refractivity contribution >= 4 is 22.6 Å². The van der Waals surface area contributed by atoms with Crippen LogP contribution in [0.2, 0.25) is 0 Å². The number of para-hydroxylation sites is 1. The van der Waals surface area contributed by atoms with E-state index in [0.29, 0.717) is 16.7 Å². The normalized spacial score (nSPS) is 11.8. The molecule has 0 aliphatic carbocycles. The number of aliphatic hydroxyl groups is 1. The van der Waals surface area contributed by atoms with Crippen molar-refractivity contribution in [2.24, 2.45) is 0 Å². The van der Waals surface area contributed by atoms with Gasteiger partial charge in [0.05, 0.1) is 23.7 Å². The highest BCUT2D eigenvalue weighted by molar-refractivity contribution is 5.80. The van der Waals surface area contributed by atoms with Gasteiger partial charge in [-0.25, -0.2) is 4.98 Å². The number of hydrogen-bond donors (Lipinski definition) is 1. The first-order valence-corrected chi connectivity index (χ1v) is 8.90. The maximum atomic E-state index is 11.4. The highest BCUT2D eigenvalue weighted by atomic mass is 16.6. The van der Waals surface area contributed by atoms with Crippen molar-refractivity contribution in [3.05, 3.63) is 75.3 Å². The van der Waals surface area contributed by atoms with Crippen LogP contribution in [0.15, 0.2) is 48.5 Å². The number of aliphatic hydroxyl groups excluding tert-OH is 1. The van der Waals surface area contributed by atoms with Crippen LogP contribution in [0.5, 0.6) is 5.88 Å². The third kappa shape index (κ3) is 4.67. The summed E-state index contributed by atoms with van der Waals surface area (Å²) < 4.78 is 10.3. The smallest absolute Gasteiger partial charge is 0.302 e. The number of carbonyl (C=O) groups excluding carboxylic acids is 1. The second-order valence-corrected chi connectivity index (χ2v) is 6.50. The molecular weight excluding hydrogens is 376 g/mol. The molecule has 0 spiro atoms. The lowest BCUT2D eigenvalue weighted by molar-refractivity contribution is -0.385. The third-order valence-corrected chi connectivity index (χ3v) is 4.47. The van der Waals surface area contributed by atoms with Crippen LogP contribution in [0.3, 0.4) is 0 Å². The van der Waals surface area contributed by atoms with E-state index in [9.17, 15) is 20.0 Å². The Kier molecular flexibility index (Phi) is 6.04. The average Bonchev–Trinajstić information content (AvgIpc) is 2.71. The summed E-state index contributed by atoms with van der Waals surface area (Å²) in [5.41, 5.74) is 1.95. The number of nitrogens with zero attached hydrogens (tertiary/aromatic N) is 2. The number of esters is 1. The van der Waals surface area contributed by atoms with E-state index in [0.717, 1.165) is 10.9 Å². The standard InChI is InChI=1S/C21H20N2O6/c1-13(24)29-12-14-7-8-19(23(26)27)16(9-14)11-20(25)17-10-15-5-3-4-6-18(15)22-21(17)28-2/h3-10,20,25H,11-12H2,1-2H3. The monoisotopic (exact) mass is 396 g/mol. The van der Waals surface area contributed by atoms with Crippen molar-refractivity contribution in [3.8, 4) is 5.88 Å². The molecule has 1 heterocycles. The maximum Gasteiger partial charge on any atom is 0.302 e. The van der Waals surface area contributed by atoms with Crippen LogP contribution in [0.4, 0.5) is 5.69 Å². The quantitative estimate of drug-likeness (QED) is 0.369. The second kappa shape index (κ2) is 8.66. The molecule has 0 fully saturated rings. The van der Waals surface area contributed by atoms with Crippen LogP contribution >= 0.6 is 0 Å². The van der Waals surface area contributed by atoms with Gasteiger partial charge in [0, 0.05) is 35.9 Å². The van der Waals surface area contributed by atoms with E-state index in [1.54, 1.807) is 12.1 Å². The molecule has 1 aromatic heterocycles. The largest absolute Gasteiger partial charge is 0.481 e. The van der Waals surface area contributed by atoms with Crippen LogP contribution in [0.1, 0.15) is 29.7 Å². The molecule has 2 aromatic carbocycles. The minimum absolute atomic E-state index is 0.00270. The Bertz CT molecular complexity index is 1070. The number of aromatic nitrogens is 1. The predicted octanol–water partition coefficient (Wildman–Crippen LogP) is 3.49. The number of hydrogen-bond acceptors (Lipinski definition) is 7. The summed E-state index contributed by atoms with van der Waals surface area (Å²) in [7, 11) is 1.45. The van der Waals surface area contributed by atoms with E-state index in [1.807, 2.05) is 24.3 Å². The molecule has 0 aliphatic rings. The van der Waals surface area contributed by atoms with Crippen LogP contribution in [-0.2, 0) is 22.6 Å². The van der Waals surface area contributed by atoms with Crippen molar-refractivity contribution < 1.29 is 24.3 Å². The van der Waals surface area contributed by atoms with Gasteiger partial charge in [-0.1, -0.05) is 18.2 Å². The van der Waals surface area contributed by atoms with Crippen LogP contribution < -0.4 is 4.74 Å². The first-order valence-electron chi connectivity index (χ1n) is 8.90. The Morgan fingerprint density at radius 2 is 2.00 bits per heavy atom. The SMILES string of the molecule is COc1nc2ccccc2cc1C(O)Cc1cc(COC(C)=O)ccc1[N+](=O)[O-]. The Labute approximate surface area is 166 Å². The van der Waals surface area contributed by atoms with E-state index in [1.165, 1.54) is 26.2 Å². The number of pyridine rings is 1. The van der Waals surface area contributed by atoms with E-state index in [-0.39, 0.29) is 24.6 Å². The van der Waals surface area contributed by atoms with Crippen LogP contribution in [0.25, 0.3) is 10.9 Å². The zero-order chi connectivity index (χ0) is 21.0. The Hall–Kier alpha value is -3.52. The van der Waals surface area contributed by atoms with Gasteiger partial charge in [-0.3, -0.25) is 14.9 Å². The van der Waals surface area contributed by atoms with Crippen LogP contribution in [-0.4, -0.2) is 28.1 Å². The molecule has 0 saturated carbocycles. The topological polar surface area (TPSA) is 112 Å². The third-order valence-electron chi connectivity index (χ3n) is 4.47. The van der Waals surface area contributed by atoms with Crippen molar-refractivity contribution in [2.45, 2.75) is 26.1 Å². The van der Waals surface area contributed by atoms with Crippen LogP contribution in [0, 0.1) is 10.1 Å². The number of ether oxygens (including phenoxy) is 2. The molecule has 8 nitrogen and oxygen atoms in total. The first kappa shape index (κ1) is 20.2. The fourth-order valence-corrected chi connectivity index (χ4v) is 3.09. The fourth-order valence-electron chi connectivity index (χ4n) is 3.09. The Morgan fingerprint density at radius 3 is 2.69 bits per heavy atom. The predicted molar refractivity (Wildman–Crippen MR) is 106 cm³/mol. The van der Waals surface area contributed by atoms with E-state index >= 15 is 0 Å². The van der Waals surface area contributed by atoms with Crippen molar-refractivity contribution in [1.82, 2.24) is 4.98 Å². The van der Waals surface area contributed by atoms with Gasteiger partial charge >= 0.3 is 5.97 Å². The van der Waals surface area contributed by atoms with E-state index < -0.39 is 17.0 Å². The van der Waals surface area contributed by atoms with Gasteiger partial charge in [-0.2, -0.15) is 0 Å². The molecule has 3 rings (SSSR count). The Morgan fingerprint density at radius 1 is 1.24 bits per heavy atom. The van der Waals surface area contributed by atoms with Crippen molar-refractivity contribution in [2.75, 3.05) is 7.11 Å². The summed E-state index contributed by atoms with van der Waals surface area (Å²) in [6, 6.07) is 13.6. The fraction of sp³-hybridized carbons (Fsp3) is 0.238. The molecule has 1 atom stereocenters. The molecule has 1 unspecified atom stereocenters. The first-order chi connectivity index (χ1) is 13.9. The average molecular weight is 396 g/mol. The zero-order valence-corrected chi connectivity index (χ0v) is 16.0. The van der Waals surface area contributed by atoms with E-state index in [2.05, 4.69) is 4.98 Å². The van der Waals surface area contributed by atoms with Crippen molar-refractivity contribution in [3.63, 3.8) is 0 Å². The molecular formula is C21H20N2O6. The summed E-state index contributed by atoms with van der Waals surface area (Å²) in [5, 5.41) is 23.1. The number of fused-ring (bicyclic) bond motifs is 1. The lowest BCUT2D eigenvalue weighted by Crippen LogP contribution is -2.08. The highest BCUT2D eigenvalue weighted by Crippen LogP contribution is 2.32. The number of carbonyl (C=O) groups is 1. The van der Waals surface area contributed by atoms with Gasteiger partial charge in [0.25, 0.3) is 5.69 Å². The molecule has 0 radical (unpaired) electrons. The number of nitro groups is 1. The molecule has 150 valence electrons. The summed E-state index contributed by atoms with van der Waals surface area (Å²) >= 11 is 0. The summed E-state index contributed by atoms with van der Waals surface area (Å²) in [4.78, 5) is 26.3. The van der Waals surface area contributed by atoms with Gasteiger partial charge in [0.15, 0.2) is 0 Å². The molecule has 8 heteroatoms. The highest BCUT2D eigenvalue weighted by Gasteiger charge is 2.22. The molecule has 1 N–H and O–H groups in total. The summed E-state index contributed by atoms with van der Waals surface area (Å²) in [6.45, 7) is 1.28. The Balaban J connectivity index is 1.95. The lowest BCUT2D eigenvalue weighted by atomic mass is 9.98. The van der Waals surface area contributed by atoms with E-state index in [4.69, 9.17) is 9.47 Å². The number of nitro benzene ring substituents is 1. The minimum Gasteiger partial charge on any atom is -0.481 e. The molecule has 29 heavy (non-hydrogen) atoms. The zero-order valence-electron chi connectivity index (χ0n) is 16.0. The molecule has 0 aliphatic heterocycles. The number of methoxy groups -OCH3 is 1. The minimum atomic E-state index is -1.08. The molecule has 0 amide bonds. The molecule has 3 aromatic rings. The summed E-state index contributed by atoms with van der Waals surface area (Å²) in [5.74, 6) is -0.188. The van der Waals surface area contributed by atoms with Gasteiger partial charge in [-0.05, 0) is 29.8 Å². The van der Waals surface area contributed by atoms with Gasteiger partial charge in [0.1, 0.15) is 6.61 Å². The second-order valence-electron chi connectivity index (χ2n) is 6.50. The molecule has 0 saturated heterocycles. The van der Waals surface area contributed by atoms with Gasteiger partial charge < -0.3 is 14.6 Å². The van der Waals surface area contributed by atoms with Gasteiger partial charge in [0.2, 0.25) is 5.88 Å². The number of benzene rings is 2. The van der Waals surface area contributed by atoms with Crippen molar-refractivity contribution in [1.29, 1.82) is 0 Å². The maximum absolute atomic E-state index is 11.4. The molecule has 0 bridgehead atoms. The lowest BCUT2D eigenvalue weighted by Gasteiger charge is -2.16.